The highest BCUT2D eigenvalue weighted by molar-refractivity contribution is 6.33. The molecule has 2 N–H and O–H groups in total. The van der Waals surface area contributed by atoms with Gasteiger partial charge < -0.3 is 10.1 Å². The van der Waals surface area contributed by atoms with Gasteiger partial charge in [-0.05, 0) is 61.7 Å². The second-order valence-electron chi connectivity index (χ2n) is 7.55. The summed E-state index contributed by atoms with van der Waals surface area (Å²) in [7, 11) is 0. The largest absolute Gasteiger partial charge is 0.444 e. The summed E-state index contributed by atoms with van der Waals surface area (Å²) in [4.78, 5) is 24.0. The number of aromatic nitrogens is 3. The molecule has 0 aliphatic rings. The molecular weight excluding hydrogens is 437 g/mol. The maximum Gasteiger partial charge on any atom is 0.412 e. The lowest BCUT2D eigenvalue weighted by Crippen LogP contribution is -2.27. The van der Waals surface area contributed by atoms with E-state index in [-0.39, 0.29) is 5.28 Å². The third kappa shape index (κ3) is 7.24. The number of amides is 1. The van der Waals surface area contributed by atoms with Gasteiger partial charge in [-0.3, -0.25) is 10.3 Å². The van der Waals surface area contributed by atoms with E-state index < -0.39 is 11.7 Å². The number of carbonyl (C=O) groups excluding carboxylic acids is 1. The molecule has 3 rings (SSSR count). The second-order valence-corrected chi connectivity index (χ2v) is 8.30. The minimum atomic E-state index is -0.574. The highest BCUT2D eigenvalue weighted by Crippen LogP contribution is 2.24. The fourth-order valence-corrected chi connectivity index (χ4v) is 2.79. The Morgan fingerprint density at radius 1 is 1.03 bits per heavy atom. The van der Waals surface area contributed by atoms with Crippen LogP contribution in [-0.4, -0.2) is 26.6 Å². The molecule has 0 unspecified atom stereocenters. The zero-order valence-corrected chi connectivity index (χ0v) is 18.7. The van der Waals surface area contributed by atoms with E-state index in [1.54, 1.807) is 39.2 Å². The van der Waals surface area contributed by atoms with Crippen LogP contribution in [0.4, 0.5) is 22.0 Å². The predicted octanol–water partition coefficient (Wildman–Crippen LogP) is 6.44. The number of benzene rings is 1. The normalized spacial score (nSPS) is 11.4. The van der Waals surface area contributed by atoms with Crippen molar-refractivity contribution in [2.75, 3.05) is 10.6 Å². The van der Waals surface area contributed by atoms with Crippen molar-refractivity contribution >= 4 is 58.6 Å². The molecule has 0 spiro atoms. The van der Waals surface area contributed by atoms with Crippen molar-refractivity contribution in [1.29, 1.82) is 0 Å². The third-order valence-corrected chi connectivity index (χ3v) is 4.20. The number of ether oxygens (including phenoxy) is 1. The average molecular weight is 458 g/mol. The van der Waals surface area contributed by atoms with Gasteiger partial charge in [0.15, 0.2) is 5.82 Å². The SMILES string of the molecule is CC(C)(C)OC(=O)Nc1cncc(C=Cc2cccc(Nc3nc(Cl)ncc3Cl)c2)c1. The van der Waals surface area contributed by atoms with Crippen molar-refractivity contribution in [3.63, 3.8) is 0 Å². The summed E-state index contributed by atoms with van der Waals surface area (Å²) >= 11 is 11.9. The van der Waals surface area contributed by atoms with Crippen LogP contribution in [0.5, 0.6) is 0 Å². The minimum Gasteiger partial charge on any atom is -0.444 e. The standard InChI is InChI=1S/C22H21Cl2N5O2/c1-22(2,3)31-21(30)28-17-10-15(11-25-12-17)8-7-14-5-4-6-16(9-14)27-19-18(23)13-26-20(24)29-19/h4-13H,1-3H3,(H,28,30)(H,26,27,29). The van der Waals surface area contributed by atoms with Gasteiger partial charge in [-0.25, -0.2) is 9.78 Å². The topological polar surface area (TPSA) is 89.0 Å². The van der Waals surface area contributed by atoms with Crippen molar-refractivity contribution < 1.29 is 9.53 Å². The number of anilines is 3. The van der Waals surface area contributed by atoms with Gasteiger partial charge in [-0.2, -0.15) is 4.98 Å². The lowest BCUT2D eigenvalue weighted by molar-refractivity contribution is 0.0636. The van der Waals surface area contributed by atoms with Gasteiger partial charge in [0.1, 0.15) is 10.6 Å². The van der Waals surface area contributed by atoms with E-state index >= 15 is 0 Å². The molecule has 1 aromatic carbocycles. The molecule has 3 aromatic rings. The maximum absolute atomic E-state index is 11.9. The van der Waals surface area contributed by atoms with Crippen LogP contribution in [0.3, 0.4) is 0 Å². The van der Waals surface area contributed by atoms with Crippen LogP contribution < -0.4 is 10.6 Å². The van der Waals surface area contributed by atoms with Crippen molar-refractivity contribution in [2.24, 2.45) is 0 Å². The fraction of sp³-hybridized carbons (Fsp3) is 0.182. The number of hydrogen-bond donors (Lipinski definition) is 2. The minimum absolute atomic E-state index is 0.107. The summed E-state index contributed by atoms with van der Waals surface area (Å²) in [6.07, 6.45) is 7.98. The Hall–Kier alpha value is -3.16. The molecule has 0 radical (unpaired) electrons. The Kier molecular flexibility index (Phi) is 7.09. The lowest BCUT2D eigenvalue weighted by Gasteiger charge is -2.19. The Morgan fingerprint density at radius 3 is 2.55 bits per heavy atom. The molecule has 7 nitrogen and oxygen atoms in total. The summed E-state index contributed by atoms with van der Waals surface area (Å²) in [6.45, 7) is 5.42. The van der Waals surface area contributed by atoms with Gasteiger partial charge >= 0.3 is 6.09 Å². The van der Waals surface area contributed by atoms with Crippen LogP contribution in [0.2, 0.25) is 10.3 Å². The Balaban J connectivity index is 1.70. The first-order valence-electron chi connectivity index (χ1n) is 9.36. The molecule has 9 heteroatoms. The molecule has 2 heterocycles. The van der Waals surface area contributed by atoms with Crippen LogP contribution in [0.25, 0.3) is 12.2 Å². The van der Waals surface area contributed by atoms with Gasteiger partial charge in [0.05, 0.1) is 18.1 Å². The summed E-state index contributed by atoms with van der Waals surface area (Å²) in [5, 5.41) is 6.28. The number of rotatable bonds is 5. The van der Waals surface area contributed by atoms with Crippen molar-refractivity contribution in [3.8, 4) is 0 Å². The first-order valence-corrected chi connectivity index (χ1v) is 10.1. The fourth-order valence-electron chi connectivity index (χ4n) is 2.52. The molecule has 0 atom stereocenters. The van der Waals surface area contributed by atoms with E-state index in [4.69, 9.17) is 27.9 Å². The van der Waals surface area contributed by atoms with Crippen LogP contribution in [0.1, 0.15) is 31.9 Å². The van der Waals surface area contributed by atoms with Crippen LogP contribution in [0, 0.1) is 0 Å². The van der Waals surface area contributed by atoms with Crippen molar-refractivity contribution in [2.45, 2.75) is 26.4 Å². The van der Waals surface area contributed by atoms with E-state index in [0.717, 1.165) is 16.8 Å². The number of nitrogens with zero attached hydrogens (tertiary/aromatic N) is 3. The molecule has 0 aliphatic heterocycles. The number of carbonyl (C=O) groups is 1. The van der Waals surface area contributed by atoms with Gasteiger partial charge in [-0.1, -0.05) is 35.9 Å². The molecule has 0 saturated carbocycles. The molecule has 1 amide bonds. The Morgan fingerprint density at radius 2 is 1.77 bits per heavy atom. The van der Waals surface area contributed by atoms with E-state index in [0.29, 0.717) is 16.5 Å². The van der Waals surface area contributed by atoms with E-state index in [2.05, 4.69) is 25.6 Å². The van der Waals surface area contributed by atoms with Crippen LogP contribution >= 0.6 is 23.2 Å². The summed E-state index contributed by atoms with van der Waals surface area (Å²) in [5.41, 5.74) is 2.51. The summed E-state index contributed by atoms with van der Waals surface area (Å²) < 4.78 is 5.26. The third-order valence-electron chi connectivity index (χ3n) is 3.74. The van der Waals surface area contributed by atoms with E-state index in [1.165, 1.54) is 6.20 Å². The first kappa shape index (κ1) is 22.5. The number of hydrogen-bond acceptors (Lipinski definition) is 6. The van der Waals surface area contributed by atoms with Gasteiger partial charge in [0, 0.05) is 11.9 Å². The molecule has 31 heavy (non-hydrogen) atoms. The predicted molar refractivity (Wildman–Crippen MR) is 125 cm³/mol. The van der Waals surface area contributed by atoms with Gasteiger partial charge in [-0.15, -0.1) is 0 Å². The molecule has 0 fully saturated rings. The Labute approximate surface area is 190 Å². The smallest absolute Gasteiger partial charge is 0.412 e. The second kappa shape index (κ2) is 9.76. The highest BCUT2D eigenvalue weighted by atomic mass is 35.5. The Bertz CT molecular complexity index is 1110. The zero-order chi connectivity index (χ0) is 22.4. The maximum atomic E-state index is 11.9. The molecule has 0 bridgehead atoms. The molecule has 160 valence electrons. The number of nitrogens with one attached hydrogen (secondary N) is 2. The van der Waals surface area contributed by atoms with Crippen molar-refractivity contribution in [3.05, 3.63) is 70.4 Å². The van der Waals surface area contributed by atoms with Crippen LogP contribution in [-0.2, 0) is 4.74 Å². The monoisotopic (exact) mass is 457 g/mol. The van der Waals surface area contributed by atoms with Gasteiger partial charge in [0.2, 0.25) is 5.28 Å². The molecule has 0 saturated heterocycles. The zero-order valence-electron chi connectivity index (χ0n) is 17.2. The molecule has 2 aromatic heterocycles. The highest BCUT2D eigenvalue weighted by Gasteiger charge is 2.16. The number of pyridine rings is 1. The average Bonchev–Trinajstić information content (AvgIpc) is 2.68. The molecular formula is C22H21Cl2N5O2. The van der Waals surface area contributed by atoms with Crippen molar-refractivity contribution in [1.82, 2.24) is 15.0 Å². The van der Waals surface area contributed by atoms with Crippen LogP contribution in [0.15, 0.2) is 48.9 Å². The molecule has 0 aliphatic carbocycles. The van der Waals surface area contributed by atoms with Gasteiger partial charge in [0.25, 0.3) is 0 Å². The summed E-state index contributed by atoms with van der Waals surface area (Å²) in [6, 6.07) is 9.47. The van der Waals surface area contributed by atoms with E-state index in [9.17, 15) is 4.79 Å². The van der Waals surface area contributed by atoms with E-state index in [1.807, 2.05) is 36.4 Å². The quantitative estimate of drug-likeness (QED) is 0.428. The number of halogens is 2. The first-order chi connectivity index (χ1) is 14.7. The lowest BCUT2D eigenvalue weighted by atomic mass is 10.1. The summed E-state index contributed by atoms with van der Waals surface area (Å²) in [5.74, 6) is 0.424.